The van der Waals surface area contributed by atoms with Gasteiger partial charge < -0.3 is 10.1 Å². The quantitative estimate of drug-likeness (QED) is 0.917. The summed E-state index contributed by atoms with van der Waals surface area (Å²) in [6.45, 7) is 5.11. The number of hydrogen-bond donors (Lipinski definition) is 1. The molecule has 1 saturated heterocycles. The van der Waals surface area contributed by atoms with Gasteiger partial charge >= 0.3 is 0 Å². The standard InChI is InChI=1S/C13H18BrNO/c1-10(12-2-4-13(14)5-3-12)15-8-11-6-7-16-9-11/h2-5,10-11,15H,6-9H2,1H3/t10-,11?/m1/s1. The zero-order valence-corrected chi connectivity index (χ0v) is 11.2. The van der Waals surface area contributed by atoms with Gasteiger partial charge in [-0.15, -0.1) is 0 Å². The molecule has 0 spiro atoms. The average molecular weight is 284 g/mol. The van der Waals surface area contributed by atoms with Crippen molar-refractivity contribution in [2.24, 2.45) is 5.92 Å². The second-order valence-electron chi connectivity index (χ2n) is 4.41. The van der Waals surface area contributed by atoms with Crippen LogP contribution < -0.4 is 5.32 Å². The maximum Gasteiger partial charge on any atom is 0.0507 e. The third-order valence-electron chi connectivity index (χ3n) is 3.11. The predicted octanol–water partition coefficient (Wildman–Crippen LogP) is 3.14. The van der Waals surface area contributed by atoms with Crippen molar-refractivity contribution in [1.29, 1.82) is 0 Å². The Morgan fingerprint density at radius 3 is 2.81 bits per heavy atom. The van der Waals surface area contributed by atoms with Gasteiger partial charge in [0.25, 0.3) is 0 Å². The minimum Gasteiger partial charge on any atom is -0.381 e. The van der Waals surface area contributed by atoms with Crippen molar-refractivity contribution in [3.63, 3.8) is 0 Å². The maximum absolute atomic E-state index is 5.36. The molecular formula is C13H18BrNO. The van der Waals surface area contributed by atoms with Crippen molar-refractivity contribution >= 4 is 15.9 Å². The second-order valence-corrected chi connectivity index (χ2v) is 5.33. The van der Waals surface area contributed by atoms with Gasteiger partial charge in [0.15, 0.2) is 0 Å². The second kappa shape index (κ2) is 5.80. The Bertz CT molecular complexity index is 319. The normalized spacial score (nSPS) is 22.2. The van der Waals surface area contributed by atoms with Crippen LogP contribution in [0.25, 0.3) is 0 Å². The monoisotopic (exact) mass is 283 g/mol. The molecule has 1 fully saturated rings. The Labute approximate surface area is 106 Å². The number of hydrogen-bond acceptors (Lipinski definition) is 2. The Morgan fingerprint density at radius 2 is 2.19 bits per heavy atom. The Morgan fingerprint density at radius 1 is 1.44 bits per heavy atom. The molecule has 1 aromatic carbocycles. The van der Waals surface area contributed by atoms with Crippen LogP contribution in [0.5, 0.6) is 0 Å². The molecule has 0 amide bonds. The average Bonchev–Trinajstić information content (AvgIpc) is 2.80. The van der Waals surface area contributed by atoms with Gasteiger partial charge in [0, 0.05) is 23.7 Å². The number of halogens is 1. The minimum atomic E-state index is 0.411. The van der Waals surface area contributed by atoms with Crippen LogP contribution in [-0.2, 0) is 4.74 Å². The van der Waals surface area contributed by atoms with Gasteiger partial charge in [0.05, 0.1) is 6.61 Å². The molecule has 3 heteroatoms. The molecule has 1 aliphatic heterocycles. The number of benzene rings is 1. The molecule has 0 bridgehead atoms. The largest absolute Gasteiger partial charge is 0.381 e. The van der Waals surface area contributed by atoms with Crippen LogP contribution in [0, 0.1) is 5.92 Å². The van der Waals surface area contributed by atoms with Gasteiger partial charge in [-0.2, -0.15) is 0 Å². The number of ether oxygens (including phenoxy) is 1. The van der Waals surface area contributed by atoms with Gasteiger partial charge in [-0.05, 0) is 37.0 Å². The van der Waals surface area contributed by atoms with Crippen molar-refractivity contribution in [2.45, 2.75) is 19.4 Å². The maximum atomic E-state index is 5.36. The van der Waals surface area contributed by atoms with Crippen LogP contribution in [-0.4, -0.2) is 19.8 Å². The lowest BCUT2D eigenvalue weighted by Gasteiger charge is -2.16. The summed E-state index contributed by atoms with van der Waals surface area (Å²) in [6.07, 6.45) is 1.19. The summed E-state index contributed by atoms with van der Waals surface area (Å²) >= 11 is 3.45. The van der Waals surface area contributed by atoms with E-state index in [-0.39, 0.29) is 0 Å². The topological polar surface area (TPSA) is 21.3 Å². The zero-order valence-electron chi connectivity index (χ0n) is 9.58. The molecule has 0 radical (unpaired) electrons. The highest BCUT2D eigenvalue weighted by atomic mass is 79.9. The number of nitrogens with one attached hydrogen (secondary N) is 1. The zero-order chi connectivity index (χ0) is 11.4. The fourth-order valence-corrected chi connectivity index (χ4v) is 2.22. The summed E-state index contributed by atoms with van der Waals surface area (Å²) in [5.74, 6) is 0.692. The summed E-state index contributed by atoms with van der Waals surface area (Å²) in [5, 5.41) is 3.56. The summed E-state index contributed by atoms with van der Waals surface area (Å²) in [6, 6.07) is 8.91. The highest BCUT2D eigenvalue weighted by Gasteiger charge is 2.16. The molecule has 2 atom stereocenters. The highest BCUT2D eigenvalue weighted by molar-refractivity contribution is 9.10. The van der Waals surface area contributed by atoms with Crippen molar-refractivity contribution in [3.05, 3.63) is 34.3 Å². The van der Waals surface area contributed by atoms with Crippen molar-refractivity contribution in [1.82, 2.24) is 5.32 Å². The molecule has 0 aromatic heterocycles. The van der Waals surface area contributed by atoms with Gasteiger partial charge in [0.2, 0.25) is 0 Å². The smallest absolute Gasteiger partial charge is 0.0507 e. The fraction of sp³-hybridized carbons (Fsp3) is 0.538. The van der Waals surface area contributed by atoms with Crippen LogP contribution in [0.15, 0.2) is 28.7 Å². The Balaban J connectivity index is 1.82. The molecular weight excluding hydrogens is 266 g/mol. The van der Waals surface area contributed by atoms with E-state index in [1.807, 2.05) is 0 Å². The third-order valence-corrected chi connectivity index (χ3v) is 3.64. The summed E-state index contributed by atoms with van der Waals surface area (Å²) in [7, 11) is 0. The first kappa shape index (κ1) is 12.1. The van der Waals surface area contributed by atoms with Crippen LogP contribution in [0.2, 0.25) is 0 Å². The van der Waals surface area contributed by atoms with E-state index in [4.69, 9.17) is 4.74 Å². The molecule has 2 nitrogen and oxygen atoms in total. The van der Waals surface area contributed by atoms with Gasteiger partial charge in [-0.3, -0.25) is 0 Å². The van der Waals surface area contributed by atoms with E-state index < -0.39 is 0 Å². The van der Waals surface area contributed by atoms with Gasteiger partial charge in [-0.1, -0.05) is 28.1 Å². The predicted molar refractivity (Wildman–Crippen MR) is 69.5 cm³/mol. The number of rotatable bonds is 4. The minimum absolute atomic E-state index is 0.411. The molecule has 1 unspecified atom stereocenters. The van der Waals surface area contributed by atoms with Crippen LogP contribution in [0.1, 0.15) is 24.9 Å². The highest BCUT2D eigenvalue weighted by Crippen LogP contribution is 2.18. The molecule has 16 heavy (non-hydrogen) atoms. The Hall–Kier alpha value is -0.380. The lowest BCUT2D eigenvalue weighted by atomic mass is 10.1. The first-order valence-corrected chi connectivity index (χ1v) is 6.61. The molecule has 1 N–H and O–H groups in total. The first-order valence-electron chi connectivity index (χ1n) is 5.82. The van der Waals surface area contributed by atoms with E-state index in [1.165, 1.54) is 12.0 Å². The van der Waals surface area contributed by atoms with Crippen molar-refractivity contribution in [3.8, 4) is 0 Å². The summed E-state index contributed by atoms with van der Waals surface area (Å²) in [5.41, 5.74) is 1.34. The third kappa shape index (κ3) is 3.30. The lowest BCUT2D eigenvalue weighted by molar-refractivity contribution is 0.184. The molecule has 1 aromatic rings. The molecule has 1 aliphatic rings. The molecule has 0 saturated carbocycles. The lowest BCUT2D eigenvalue weighted by Crippen LogP contribution is -2.25. The van der Waals surface area contributed by atoms with E-state index in [0.29, 0.717) is 12.0 Å². The molecule has 2 rings (SSSR count). The van der Waals surface area contributed by atoms with Gasteiger partial charge in [0.1, 0.15) is 0 Å². The van der Waals surface area contributed by atoms with Crippen LogP contribution in [0.4, 0.5) is 0 Å². The SMILES string of the molecule is C[C@@H](NCC1CCOC1)c1ccc(Br)cc1. The van der Waals surface area contributed by atoms with Gasteiger partial charge in [-0.25, -0.2) is 0 Å². The van der Waals surface area contributed by atoms with Crippen molar-refractivity contribution < 1.29 is 4.74 Å². The van der Waals surface area contributed by atoms with E-state index >= 15 is 0 Å². The molecule has 88 valence electrons. The summed E-state index contributed by atoms with van der Waals surface area (Å²) < 4.78 is 6.50. The van der Waals surface area contributed by atoms with Crippen LogP contribution in [0.3, 0.4) is 0 Å². The Kier molecular flexibility index (Phi) is 4.38. The van der Waals surface area contributed by atoms with Crippen LogP contribution >= 0.6 is 15.9 Å². The van der Waals surface area contributed by atoms with E-state index in [2.05, 4.69) is 52.4 Å². The van der Waals surface area contributed by atoms with Crippen molar-refractivity contribution in [2.75, 3.05) is 19.8 Å². The summed E-state index contributed by atoms with van der Waals surface area (Å²) in [4.78, 5) is 0. The fourth-order valence-electron chi connectivity index (χ4n) is 1.96. The van der Waals surface area contributed by atoms with E-state index in [1.54, 1.807) is 0 Å². The molecule has 1 heterocycles. The van der Waals surface area contributed by atoms with E-state index in [0.717, 1.165) is 24.2 Å². The van der Waals surface area contributed by atoms with E-state index in [9.17, 15) is 0 Å². The first-order chi connectivity index (χ1) is 7.75. The molecule has 0 aliphatic carbocycles.